The predicted octanol–water partition coefficient (Wildman–Crippen LogP) is 4.54. The van der Waals surface area contributed by atoms with E-state index in [-0.39, 0.29) is 18.6 Å². The van der Waals surface area contributed by atoms with Gasteiger partial charge in [-0.2, -0.15) is 0 Å². The molecule has 0 saturated heterocycles. The fourth-order valence-corrected chi connectivity index (χ4v) is 3.37. The molecule has 1 atom stereocenters. The summed E-state index contributed by atoms with van der Waals surface area (Å²) in [5, 5.41) is 0. The lowest BCUT2D eigenvalue weighted by Gasteiger charge is -2.30. The van der Waals surface area contributed by atoms with Crippen molar-refractivity contribution in [1.82, 2.24) is 15.0 Å². The van der Waals surface area contributed by atoms with Gasteiger partial charge in [-0.15, -0.1) is 0 Å². The number of aromatic nitrogens is 3. The van der Waals surface area contributed by atoms with Gasteiger partial charge in [0, 0.05) is 35.8 Å². The van der Waals surface area contributed by atoms with E-state index in [2.05, 4.69) is 28.8 Å². The Morgan fingerprint density at radius 2 is 1.68 bits per heavy atom. The van der Waals surface area contributed by atoms with Crippen molar-refractivity contribution in [2.45, 2.75) is 39.2 Å². The molecule has 3 aromatic rings. The lowest BCUT2D eigenvalue weighted by molar-refractivity contribution is -0.121. The van der Waals surface area contributed by atoms with Crippen LogP contribution < -0.4 is 14.4 Å². The highest BCUT2D eigenvalue weighted by Gasteiger charge is 2.25. The average Bonchev–Trinajstić information content (AvgIpc) is 2.83. The Labute approximate surface area is 183 Å². The second-order valence-corrected chi connectivity index (χ2v) is 7.08. The smallest absolute Gasteiger partial charge is 0.316 e. The Morgan fingerprint density at radius 3 is 2.26 bits per heavy atom. The fourth-order valence-electron chi connectivity index (χ4n) is 3.37. The molecule has 2 heterocycles. The van der Waals surface area contributed by atoms with Crippen LogP contribution in [0.15, 0.2) is 61.1 Å². The highest BCUT2D eigenvalue weighted by Crippen LogP contribution is 2.24. The number of amides is 1. The molecule has 0 spiro atoms. The zero-order valence-electron chi connectivity index (χ0n) is 18.2. The normalized spacial score (nSPS) is 11.6. The minimum atomic E-state index is -0.114. The first kappa shape index (κ1) is 22.2. The molecule has 0 aliphatic heterocycles. The largest absolute Gasteiger partial charge is 0.484 e. The second-order valence-electron chi connectivity index (χ2n) is 7.08. The van der Waals surface area contributed by atoms with Crippen molar-refractivity contribution in [3.8, 4) is 22.9 Å². The maximum atomic E-state index is 13.1. The van der Waals surface area contributed by atoms with E-state index in [9.17, 15) is 4.79 Å². The van der Waals surface area contributed by atoms with Crippen LogP contribution in [0.1, 0.15) is 33.1 Å². The number of anilines is 1. The summed E-state index contributed by atoms with van der Waals surface area (Å²) in [6, 6.07) is 13.5. The number of pyridine rings is 1. The summed E-state index contributed by atoms with van der Waals surface area (Å²) in [7, 11) is 1.53. The molecule has 0 bridgehead atoms. The Kier molecular flexibility index (Phi) is 7.92. The SMILES string of the molecule is CCC[C@H](CC)N(C(=O)COc1ccccc1)c1ccc(-c2cnc(OC)nc2)cn1. The number of methoxy groups -OCH3 is 1. The minimum absolute atomic E-state index is 0.0417. The van der Waals surface area contributed by atoms with Crippen LogP contribution in [-0.4, -0.2) is 40.6 Å². The van der Waals surface area contributed by atoms with Crippen LogP contribution in [0, 0.1) is 0 Å². The maximum Gasteiger partial charge on any atom is 0.316 e. The molecule has 1 amide bonds. The van der Waals surface area contributed by atoms with Crippen LogP contribution in [0.3, 0.4) is 0 Å². The summed E-state index contributed by atoms with van der Waals surface area (Å²) < 4.78 is 10.7. The summed E-state index contributed by atoms with van der Waals surface area (Å²) in [6.45, 7) is 4.16. The van der Waals surface area contributed by atoms with E-state index in [1.54, 1.807) is 23.5 Å². The van der Waals surface area contributed by atoms with E-state index in [1.165, 1.54) is 7.11 Å². The third-order valence-corrected chi connectivity index (χ3v) is 4.97. The molecule has 162 valence electrons. The van der Waals surface area contributed by atoms with Crippen molar-refractivity contribution >= 4 is 11.7 Å². The van der Waals surface area contributed by atoms with Crippen LogP contribution in [0.5, 0.6) is 11.8 Å². The van der Waals surface area contributed by atoms with Gasteiger partial charge < -0.3 is 9.47 Å². The van der Waals surface area contributed by atoms with Crippen molar-refractivity contribution < 1.29 is 14.3 Å². The zero-order chi connectivity index (χ0) is 22.1. The van der Waals surface area contributed by atoms with Crippen LogP contribution >= 0.6 is 0 Å². The molecule has 0 aliphatic rings. The molecule has 0 saturated carbocycles. The number of carbonyl (C=O) groups is 1. The van der Waals surface area contributed by atoms with Crippen LogP contribution in [0.4, 0.5) is 5.82 Å². The van der Waals surface area contributed by atoms with Gasteiger partial charge in [0.15, 0.2) is 6.61 Å². The Hall–Kier alpha value is -3.48. The second kappa shape index (κ2) is 11.1. The molecular weight excluding hydrogens is 392 g/mol. The highest BCUT2D eigenvalue weighted by molar-refractivity contribution is 5.94. The lowest BCUT2D eigenvalue weighted by atomic mass is 10.1. The minimum Gasteiger partial charge on any atom is -0.484 e. The van der Waals surface area contributed by atoms with Gasteiger partial charge in [0.05, 0.1) is 7.11 Å². The predicted molar refractivity (Wildman–Crippen MR) is 120 cm³/mol. The first-order valence-electron chi connectivity index (χ1n) is 10.5. The molecule has 0 aliphatic carbocycles. The van der Waals surface area contributed by atoms with E-state index in [0.717, 1.165) is 30.4 Å². The van der Waals surface area contributed by atoms with Gasteiger partial charge in [-0.3, -0.25) is 9.69 Å². The Balaban J connectivity index is 1.81. The topological polar surface area (TPSA) is 77.4 Å². The molecule has 0 N–H and O–H groups in total. The molecule has 7 heteroatoms. The standard InChI is InChI=1S/C24H28N4O3/c1-4-9-20(5-2)28(23(29)17-31-21-10-7-6-8-11-21)22-13-12-18(14-25-22)19-15-26-24(30-3)27-16-19/h6-8,10-16,20H,4-5,9,17H2,1-3H3/t20-/m0/s1. The van der Waals surface area contributed by atoms with Crippen LogP contribution in [-0.2, 0) is 4.79 Å². The number of hydrogen-bond acceptors (Lipinski definition) is 6. The van der Waals surface area contributed by atoms with Crippen molar-refractivity contribution in [3.05, 3.63) is 61.1 Å². The number of rotatable bonds is 10. The van der Waals surface area contributed by atoms with E-state index >= 15 is 0 Å². The van der Waals surface area contributed by atoms with Gasteiger partial charge in [-0.25, -0.2) is 15.0 Å². The van der Waals surface area contributed by atoms with Gasteiger partial charge in [0.25, 0.3) is 5.91 Å². The summed E-state index contributed by atoms with van der Waals surface area (Å²) in [5.74, 6) is 1.17. The van der Waals surface area contributed by atoms with Crippen LogP contribution in [0.2, 0.25) is 0 Å². The first-order chi connectivity index (χ1) is 15.2. The fraction of sp³-hybridized carbons (Fsp3) is 0.333. The number of benzene rings is 1. The molecule has 1 aromatic carbocycles. The van der Waals surface area contributed by atoms with Crippen molar-refractivity contribution in [1.29, 1.82) is 0 Å². The molecule has 0 fully saturated rings. The summed E-state index contributed by atoms with van der Waals surface area (Å²) in [5.41, 5.74) is 1.69. The quantitative estimate of drug-likeness (QED) is 0.479. The Morgan fingerprint density at radius 1 is 0.968 bits per heavy atom. The molecule has 3 rings (SSSR count). The molecular formula is C24H28N4O3. The van der Waals surface area contributed by atoms with E-state index in [1.807, 2.05) is 42.5 Å². The Bertz CT molecular complexity index is 947. The van der Waals surface area contributed by atoms with Gasteiger partial charge in [0.2, 0.25) is 0 Å². The van der Waals surface area contributed by atoms with Gasteiger partial charge >= 0.3 is 6.01 Å². The average molecular weight is 421 g/mol. The van der Waals surface area contributed by atoms with Gasteiger partial charge in [-0.1, -0.05) is 38.5 Å². The first-order valence-corrected chi connectivity index (χ1v) is 10.5. The summed E-state index contributed by atoms with van der Waals surface area (Å²) >= 11 is 0. The number of hydrogen-bond donors (Lipinski definition) is 0. The molecule has 7 nitrogen and oxygen atoms in total. The zero-order valence-corrected chi connectivity index (χ0v) is 18.2. The molecule has 0 unspecified atom stereocenters. The van der Waals surface area contributed by atoms with E-state index in [4.69, 9.17) is 9.47 Å². The van der Waals surface area contributed by atoms with Crippen molar-refractivity contribution in [3.63, 3.8) is 0 Å². The lowest BCUT2D eigenvalue weighted by Crippen LogP contribution is -2.43. The number of carbonyl (C=O) groups excluding carboxylic acids is 1. The monoisotopic (exact) mass is 420 g/mol. The van der Waals surface area contributed by atoms with Crippen molar-refractivity contribution in [2.75, 3.05) is 18.6 Å². The van der Waals surface area contributed by atoms with E-state index in [0.29, 0.717) is 17.6 Å². The summed E-state index contributed by atoms with van der Waals surface area (Å²) in [6.07, 6.45) is 7.81. The number of ether oxygens (including phenoxy) is 2. The van der Waals surface area contributed by atoms with E-state index < -0.39 is 0 Å². The van der Waals surface area contributed by atoms with Crippen molar-refractivity contribution in [2.24, 2.45) is 0 Å². The maximum absolute atomic E-state index is 13.1. The number of nitrogens with zero attached hydrogens (tertiary/aromatic N) is 4. The molecule has 2 aromatic heterocycles. The molecule has 0 radical (unpaired) electrons. The molecule has 31 heavy (non-hydrogen) atoms. The third-order valence-electron chi connectivity index (χ3n) is 4.97. The summed E-state index contributed by atoms with van der Waals surface area (Å²) in [4.78, 5) is 27.8. The van der Waals surface area contributed by atoms with Gasteiger partial charge in [-0.05, 0) is 37.1 Å². The number of para-hydroxylation sites is 1. The van der Waals surface area contributed by atoms with Gasteiger partial charge in [0.1, 0.15) is 11.6 Å². The third kappa shape index (κ3) is 5.78. The van der Waals surface area contributed by atoms with Crippen LogP contribution in [0.25, 0.3) is 11.1 Å². The highest BCUT2D eigenvalue weighted by atomic mass is 16.5.